The molecule has 0 unspecified atom stereocenters. The first-order valence-electron chi connectivity index (χ1n) is 19.4. The monoisotopic (exact) mass is 784 g/mol. The molecule has 0 aromatic heterocycles. The van der Waals surface area contributed by atoms with Gasteiger partial charge < -0.3 is 52.5 Å². The van der Waals surface area contributed by atoms with Crippen LogP contribution in [0.1, 0.15) is 42.4 Å². The Morgan fingerprint density at radius 3 is 1.00 bits per heavy atom. The Kier molecular flexibility index (Phi) is 26.1. The highest BCUT2D eigenvalue weighted by atomic mass is 16.6. The van der Waals surface area contributed by atoms with E-state index >= 15 is 0 Å². The fourth-order valence-electron chi connectivity index (χ4n) is 5.50. The van der Waals surface area contributed by atoms with Crippen molar-refractivity contribution < 1.29 is 62.1 Å². The van der Waals surface area contributed by atoms with Crippen LogP contribution in [-0.4, -0.2) is 136 Å². The summed E-state index contributed by atoms with van der Waals surface area (Å²) < 4.78 is 56.1. The zero-order valence-corrected chi connectivity index (χ0v) is 32.6. The average molecular weight is 785 g/mol. The highest BCUT2D eigenvalue weighted by Crippen LogP contribution is 2.40. The summed E-state index contributed by atoms with van der Waals surface area (Å²) in [5, 5.41) is 8.57. The number of esters is 1. The Morgan fingerprint density at radius 1 is 0.393 bits per heavy atom. The number of carboxylic acid groups (broad SMARTS) is 1. The van der Waals surface area contributed by atoms with Gasteiger partial charge in [-0.1, -0.05) is 91.0 Å². The second-order valence-electron chi connectivity index (χ2n) is 12.3. The molecule has 0 heterocycles. The van der Waals surface area contributed by atoms with E-state index in [-0.39, 0.29) is 32.0 Å². The van der Waals surface area contributed by atoms with Gasteiger partial charge in [-0.25, -0.2) is 0 Å². The molecule has 0 saturated carbocycles. The van der Waals surface area contributed by atoms with E-state index in [0.717, 1.165) is 16.7 Å². The van der Waals surface area contributed by atoms with Gasteiger partial charge in [0.15, 0.2) is 0 Å². The summed E-state index contributed by atoms with van der Waals surface area (Å²) >= 11 is 0. The number of carbonyl (C=O) groups excluding carboxylic acids is 1. The number of hydrogen-bond donors (Lipinski definition) is 1. The van der Waals surface area contributed by atoms with Crippen LogP contribution < -0.4 is 0 Å². The van der Waals surface area contributed by atoms with Gasteiger partial charge in [-0.15, -0.1) is 0 Å². The third-order valence-corrected chi connectivity index (χ3v) is 8.20. The van der Waals surface area contributed by atoms with E-state index in [1.165, 1.54) is 0 Å². The van der Waals surface area contributed by atoms with E-state index in [1.54, 1.807) is 0 Å². The van der Waals surface area contributed by atoms with Crippen molar-refractivity contribution in [2.75, 3.05) is 119 Å². The maximum absolute atomic E-state index is 11.5. The van der Waals surface area contributed by atoms with Gasteiger partial charge in [0.1, 0.15) is 12.2 Å². The molecule has 3 aromatic carbocycles. The van der Waals surface area contributed by atoms with Gasteiger partial charge in [0, 0.05) is 12.8 Å². The van der Waals surface area contributed by atoms with E-state index in [2.05, 4.69) is 36.4 Å². The molecule has 0 atom stereocenters. The van der Waals surface area contributed by atoms with Crippen LogP contribution in [0.4, 0.5) is 0 Å². The van der Waals surface area contributed by atoms with Crippen LogP contribution in [0, 0.1) is 0 Å². The maximum atomic E-state index is 11.5. The molecule has 1 N–H and O–H groups in total. The molecule has 13 nitrogen and oxygen atoms in total. The van der Waals surface area contributed by atoms with Gasteiger partial charge in [0.2, 0.25) is 0 Å². The SMILES string of the molecule is O=C(O)CCCCC(=O)OCCOCCOCCOCCOCCOCCOCCOCCOCCOC(c1ccccc1)(c1ccccc1)c1ccccc1. The molecular weight excluding hydrogens is 724 g/mol. The van der Waals surface area contributed by atoms with Crippen molar-refractivity contribution in [2.24, 2.45) is 0 Å². The predicted molar refractivity (Wildman–Crippen MR) is 209 cm³/mol. The van der Waals surface area contributed by atoms with Gasteiger partial charge in [-0.05, 0) is 29.5 Å². The van der Waals surface area contributed by atoms with Crippen LogP contribution >= 0.6 is 0 Å². The number of aliphatic carboxylic acids is 1. The van der Waals surface area contributed by atoms with Gasteiger partial charge in [-0.3, -0.25) is 9.59 Å². The van der Waals surface area contributed by atoms with Gasteiger partial charge in [0.05, 0.1) is 112 Å². The number of hydrogen-bond acceptors (Lipinski definition) is 12. The molecule has 0 radical (unpaired) electrons. The van der Waals surface area contributed by atoms with Crippen LogP contribution in [0.5, 0.6) is 0 Å². The lowest BCUT2D eigenvalue weighted by Gasteiger charge is -2.36. The average Bonchev–Trinajstić information content (AvgIpc) is 3.23. The highest BCUT2D eigenvalue weighted by molar-refractivity contribution is 5.69. The summed E-state index contributed by atoms with van der Waals surface area (Å²) in [6, 6.07) is 30.9. The minimum absolute atomic E-state index is 0.0580. The molecule has 3 rings (SSSR count). The van der Waals surface area contributed by atoms with Crippen molar-refractivity contribution in [3.8, 4) is 0 Å². The van der Waals surface area contributed by atoms with Crippen molar-refractivity contribution in [2.45, 2.75) is 31.3 Å². The minimum atomic E-state index is -0.864. The smallest absolute Gasteiger partial charge is 0.305 e. The Morgan fingerprint density at radius 2 is 0.679 bits per heavy atom. The van der Waals surface area contributed by atoms with E-state index in [1.807, 2.05) is 54.6 Å². The van der Waals surface area contributed by atoms with Gasteiger partial charge in [0.25, 0.3) is 0 Å². The summed E-state index contributed by atoms with van der Waals surface area (Å²) in [6.07, 6.45) is 1.23. The summed E-state index contributed by atoms with van der Waals surface area (Å²) in [7, 11) is 0. The summed E-state index contributed by atoms with van der Waals surface area (Å²) in [4.78, 5) is 22.0. The standard InChI is InChI=1S/C43H60O13/c44-41(45)18-10-11-19-42(46)55-36-34-53-32-30-51-28-26-49-24-22-47-20-21-48-23-25-50-27-29-52-31-33-54-35-37-56-43(38-12-4-1-5-13-38,39-14-6-2-7-15-39)40-16-8-3-9-17-40/h1-9,12-17H,10-11,18-37H2,(H,44,45). The third-order valence-electron chi connectivity index (χ3n) is 8.20. The zero-order chi connectivity index (χ0) is 39.6. The van der Waals surface area contributed by atoms with Crippen LogP contribution in [0.2, 0.25) is 0 Å². The molecule has 0 bridgehead atoms. The van der Waals surface area contributed by atoms with Crippen LogP contribution in [0.3, 0.4) is 0 Å². The number of carboxylic acids is 1. The minimum Gasteiger partial charge on any atom is -0.481 e. The molecule has 0 spiro atoms. The molecule has 0 aliphatic carbocycles. The highest BCUT2D eigenvalue weighted by Gasteiger charge is 2.37. The topological polar surface area (TPSA) is 147 Å². The van der Waals surface area contributed by atoms with E-state index in [0.29, 0.717) is 119 Å². The number of ether oxygens (including phenoxy) is 10. The fourth-order valence-corrected chi connectivity index (χ4v) is 5.50. The molecule has 0 aliphatic rings. The Hall–Kier alpha value is -3.76. The molecule has 0 saturated heterocycles. The Balaban J connectivity index is 1.06. The molecule has 3 aromatic rings. The lowest BCUT2D eigenvalue weighted by atomic mass is 9.80. The lowest BCUT2D eigenvalue weighted by Crippen LogP contribution is -2.34. The number of rotatable bonds is 36. The Bertz CT molecular complexity index is 1280. The normalized spacial score (nSPS) is 11.5. The summed E-state index contributed by atoms with van der Waals surface area (Å²) in [5.74, 6) is -1.21. The molecule has 56 heavy (non-hydrogen) atoms. The second kappa shape index (κ2) is 31.3. The molecule has 0 amide bonds. The maximum Gasteiger partial charge on any atom is 0.305 e. The van der Waals surface area contributed by atoms with Gasteiger partial charge in [-0.2, -0.15) is 0 Å². The third kappa shape index (κ3) is 20.4. The van der Waals surface area contributed by atoms with Crippen molar-refractivity contribution in [1.82, 2.24) is 0 Å². The first kappa shape index (κ1) is 46.6. The molecule has 0 aliphatic heterocycles. The summed E-state index contributed by atoms with van der Waals surface area (Å²) in [5.41, 5.74) is 2.41. The second-order valence-corrected chi connectivity index (χ2v) is 12.3. The van der Waals surface area contributed by atoms with Crippen molar-refractivity contribution in [3.05, 3.63) is 108 Å². The first-order chi connectivity index (χ1) is 27.6. The number of carbonyl (C=O) groups is 2. The largest absolute Gasteiger partial charge is 0.481 e. The Labute approximate surface area is 331 Å². The van der Waals surface area contributed by atoms with Crippen molar-refractivity contribution in [1.29, 1.82) is 0 Å². The van der Waals surface area contributed by atoms with Gasteiger partial charge >= 0.3 is 11.9 Å². The quantitative estimate of drug-likeness (QED) is 0.0462. The lowest BCUT2D eigenvalue weighted by molar-refractivity contribution is -0.146. The number of benzene rings is 3. The summed E-state index contributed by atoms with van der Waals surface area (Å²) in [6.45, 7) is 7.64. The van der Waals surface area contributed by atoms with Crippen LogP contribution in [-0.2, 0) is 62.6 Å². The fraction of sp³-hybridized carbons (Fsp3) is 0.535. The predicted octanol–water partition coefficient (Wildman–Crippen LogP) is 5.32. The number of unbranched alkanes of at least 4 members (excludes halogenated alkanes) is 1. The van der Waals surface area contributed by atoms with Crippen molar-refractivity contribution >= 4 is 11.9 Å². The van der Waals surface area contributed by atoms with E-state index in [4.69, 9.17) is 52.5 Å². The zero-order valence-electron chi connectivity index (χ0n) is 32.6. The molecule has 13 heteroatoms. The first-order valence-corrected chi connectivity index (χ1v) is 19.4. The molecule has 310 valence electrons. The van der Waals surface area contributed by atoms with E-state index in [9.17, 15) is 9.59 Å². The molecule has 0 fully saturated rings. The van der Waals surface area contributed by atoms with Crippen LogP contribution in [0.15, 0.2) is 91.0 Å². The van der Waals surface area contributed by atoms with E-state index < -0.39 is 11.6 Å². The molecular formula is C43H60O13. The van der Waals surface area contributed by atoms with Crippen LogP contribution in [0.25, 0.3) is 0 Å². The van der Waals surface area contributed by atoms with Crippen molar-refractivity contribution in [3.63, 3.8) is 0 Å².